The van der Waals surface area contributed by atoms with Crippen LogP contribution in [0.15, 0.2) is 36.9 Å². The highest BCUT2D eigenvalue weighted by Crippen LogP contribution is 2.06. The summed E-state index contributed by atoms with van der Waals surface area (Å²) >= 11 is 0. The molecule has 2 aromatic heterocycles. The Balaban J connectivity index is 2.04. The number of aromatic nitrogens is 3. The van der Waals surface area contributed by atoms with E-state index >= 15 is 0 Å². The molecular weight excluding hydrogens is 272 g/mol. The zero-order valence-electron chi connectivity index (χ0n) is 11.8. The minimum atomic E-state index is -0.709. The van der Waals surface area contributed by atoms with Gasteiger partial charge in [0.05, 0.1) is 30.3 Å². The van der Waals surface area contributed by atoms with E-state index in [9.17, 15) is 9.59 Å². The monoisotopic (exact) mass is 288 g/mol. The van der Waals surface area contributed by atoms with Crippen molar-refractivity contribution in [3.8, 4) is 5.69 Å². The van der Waals surface area contributed by atoms with Crippen molar-refractivity contribution in [1.82, 2.24) is 20.1 Å². The smallest absolute Gasteiger partial charge is 0.328 e. The van der Waals surface area contributed by atoms with E-state index in [-0.39, 0.29) is 12.5 Å². The average Bonchev–Trinajstić information content (AvgIpc) is 2.98. The van der Waals surface area contributed by atoms with E-state index in [0.29, 0.717) is 5.56 Å². The second kappa shape index (κ2) is 6.65. The number of ether oxygens (including phenoxy) is 1. The molecule has 1 unspecified atom stereocenters. The molecule has 0 aliphatic heterocycles. The van der Waals surface area contributed by atoms with E-state index in [1.165, 1.54) is 10.9 Å². The number of nitrogens with zero attached hydrogens (tertiary/aromatic N) is 3. The van der Waals surface area contributed by atoms with Crippen LogP contribution in [-0.2, 0) is 9.53 Å². The molecule has 0 radical (unpaired) electrons. The van der Waals surface area contributed by atoms with E-state index in [0.717, 1.165) is 5.69 Å². The van der Waals surface area contributed by atoms with Gasteiger partial charge in [-0.3, -0.25) is 9.78 Å². The number of esters is 1. The van der Waals surface area contributed by atoms with Gasteiger partial charge >= 0.3 is 5.97 Å². The van der Waals surface area contributed by atoms with Gasteiger partial charge < -0.3 is 10.1 Å². The molecule has 0 bridgehead atoms. The van der Waals surface area contributed by atoms with E-state index < -0.39 is 12.0 Å². The fraction of sp³-hybridized carbons (Fsp3) is 0.286. The predicted molar refractivity (Wildman–Crippen MR) is 74.9 cm³/mol. The van der Waals surface area contributed by atoms with Crippen LogP contribution in [-0.4, -0.2) is 39.3 Å². The van der Waals surface area contributed by atoms with Crippen molar-refractivity contribution in [3.63, 3.8) is 0 Å². The highest BCUT2D eigenvalue weighted by atomic mass is 16.5. The third-order valence-electron chi connectivity index (χ3n) is 2.74. The lowest BCUT2D eigenvalue weighted by molar-refractivity contribution is -0.144. The highest BCUT2D eigenvalue weighted by Gasteiger charge is 2.18. The first kappa shape index (κ1) is 14.7. The van der Waals surface area contributed by atoms with Crippen LogP contribution in [0.2, 0.25) is 0 Å². The molecule has 0 aliphatic rings. The fourth-order valence-electron chi connectivity index (χ4n) is 1.68. The average molecular weight is 288 g/mol. The first-order valence-electron chi connectivity index (χ1n) is 6.54. The Morgan fingerprint density at radius 1 is 1.43 bits per heavy atom. The van der Waals surface area contributed by atoms with Gasteiger partial charge in [-0.2, -0.15) is 5.10 Å². The van der Waals surface area contributed by atoms with E-state index in [1.54, 1.807) is 38.5 Å². The van der Waals surface area contributed by atoms with Crippen molar-refractivity contribution in [3.05, 3.63) is 42.5 Å². The Morgan fingerprint density at radius 3 is 2.90 bits per heavy atom. The van der Waals surface area contributed by atoms with Crippen LogP contribution >= 0.6 is 0 Å². The topological polar surface area (TPSA) is 86.1 Å². The molecule has 1 amide bonds. The lowest BCUT2D eigenvalue weighted by Gasteiger charge is -2.11. The Morgan fingerprint density at radius 2 is 2.24 bits per heavy atom. The predicted octanol–water partition coefficient (Wildman–Crippen LogP) is 0.949. The SMILES string of the molecule is CCOC(=O)C(C)NC(=O)c1cnn(-c2cccnc2)c1. The van der Waals surface area contributed by atoms with Gasteiger partial charge in [-0.25, -0.2) is 9.48 Å². The van der Waals surface area contributed by atoms with Gasteiger partial charge in [0.1, 0.15) is 6.04 Å². The first-order valence-corrected chi connectivity index (χ1v) is 6.54. The number of hydrogen-bond acceptors (Lipinski definition) is 5. The zero-order chi connectivity index (χ0) is 15.2. The van der Waals surface area contributed by atoms with Crippen molar-refractivity contribution < 1.29 is 14.3 Å². The standard InChI is InChI=1S/C14H16N4O3/c1-3-21-14(20)10(2)17-13(19)11-7-16-18(9-11)12-5-4-6-15-8-12/h4-10H,3H2,1-2H3,(H,17,19). The van der Waals surface area contributed by atoms with Crippen LogP contribution in [0.4, 0.5) is 0 Å². The maximum Gasteiger partial charge on any atom is 0.328 e. The second-order valence-electron chi connectivity index (χ2n) is 4.33. The molecule has 1 atom stereocenters. The summed E-state index contributed by atoms with van der Waals surface area (Å²) in [7, 11) is 0. The molecule has 110 valence electrons. The molecule has 0 aliphatic carbocycles. The van der Waals surface area contributed by atoms with Gasteiger partial charge in [0.15, 0.2) is 0 Å². The van der Waals surface area contributed by atoms with Crippen LogP contribution in [0.1, 0.15) is 24.2 Å². The molecule has 0 spiro atoms. The quantitative estimate of drug-likeness (QED) is 0.828. The number of hydrogen-bond donors (Lipinski definition) is 1. The summed E-state index contributed by atoms with van der Waals surface area (Å²) < 4.78 is 6.37. The van der Waals surface area contributed by atoms with Crippen LogP contribution in [0, 0.1) is 0 Å². The van der Waals surface area contributed by atoms with Crippen molar-refractivity contribution >= 4 is 11.9 Å². The second-order valence-corrected chi connectivity index (χ2v) is 4.33. The molecule has 0 saturated heterocycles. The maximum absolute atomic E-state index is 12.0. The molecule has 7 heteroatoms. The largest absolute Gasteiger partial charge is 0.464 e. The van der Waals surface area contributed by atoms with Gasteiger partial charge in [-0.1, -0.05) is 0 Å². The van der Waals surface area contributed by atoms with Crippen molar-refractivity contribution in [1.29, 1.82) is 0 Å². The number of carbonyl (C=O) groups excluding carboxylic acids is 2. The summed E-state index contributed by atoms with van der Waals surface area (Å²) in [5, 5.41) is 6.66. The highest BCUT2D eigenvalue weighted by molar-refractivity contribution is 5.96. The minimum absolute atomic E-state index is 0.276. The maximum atomic E-state index is 12.0. The molecule has 0 aromatic carbocycles. The van der Waals surface area contributed by atoms with E-state index in [2.05, 4.69) is 15.4 Å². The first-order chi connectivity index (χ1) is 10.1. The lowest BCUT2D eigenvalue weighted by atomic mass is 10.3. The van der Waals surface area contributed by atoms with Gasteiger partial charge in [0.25, 0.3) is 5.91 Å². The normalized spacial score (nSPS) is 11.7. The van der Waals surface area contributed by atoms with Crippen LogP contribution < -0.4 is 5.32 Å². The Bertz CT molecular complexity index is 624. The number of rotatable bonds is 5. The molecule has 21 heavy (non-hydrogen) atoms. The fourth-order valence-corrected chi connectivity index (χ4v) is 1.68. The lowest BCUT2D eigenvalue weighted by Crippen LogP contribution is -2.39. The van der Waals surface area contributed by atoms with Crippen LogP contribution in [0.5, 0.6) is 0 Å². The molecular formula is C14H16N4O3. The Labute approximate surface area is 121 Å². The molecule has 2 aromatic rings. The Hall–Kier alpha value is -2.70. The summed E-state index contributed by atoms with van der Waals surface area (Å²) in [4.78, 5) is 27.5. The van der Waals surface area contributed by atoms with E-state index in [4.69, 9.17) is 4.74 Å². The van der Waals surface area contributed by atoms with Gasteiger partial charge in [0, 0.05) is 12.4 Å². The molecule has 7 nitrogen and oxygen atoms in total. The molecule has 1 N–H and O–H groups in total. The Kier molecular flexibility index (Phi) is 4.65. The van der Waals surface area contributed by atoms with Crippen LogP contribution in [0.3, 0.4) is 0 Å². The van der Waals surface area contributed by atoms with Crippen molar-refractivity contribution in [2.75, 3.05) is 6.61 Å². The molecule has 2 rings (SSSR count). The number of pyridine rings is 1. The van der Waals surface area contributed by atoms with E-state index in [1.807, 2.05) is 6.07 Å². The summed E-state index contributed by atoms with van der Waals surface area (Å²) in [5.74, 6) is -0.851. The number of carbonyl (C=O) groups is 2. The van der Waals surface area contributed by atoms with Crippen molar-refractivity contribution in [2.24, 2.45) is 0 Å². The van der Waals surface area contributed by atoms with Gasteiger partial charge in [-0.05, 0) is 26.0 Å². The number of nitrogens with one attached hydrogen (secondary N) is 1. The van der Waals surface area contributed by atoms with Gasteiger partial charge in [0.2, 0.25) is 0 Å². The van der Waals surface area contributed by atoms with Crippen LogP contribution in [0.25, 0.3) is 5.69 Å². The number of amides is 1. The summed E-state index contributed by atoms with van der Waals surface area (Å²) in [6.45, 7) is 3.56. The summed E-state index contributed by atoms with van der Waals surface area (Å²) in [6, 6.07) is 2.89. The minimum Gasteiger partial charge on any atom is -0.464 e. The van der Waals surface area contributed by atoms with Crippen molar-refractivity contribution in [2.45, 2.75) is 19.9 Å². The third-order valence-corrected chi connectivity index (χ3v) is 2.74. The summed E-state index contributed by atoms with van der Waals surface area (Å²) in [6.07, 6.45) is 6.29. The summed E-state index contributed by atoms with van der Waals surface area (Å²) in [5.41, 5.74) is 1.10. The van der Waals surface area contributed by atoms with Gasteiger partial charge in [-0.15, -0.1) is 0 Å². The molecule has 0 saturated carbocycles. The molecule has 2 heterocycles. The zero-order valence-corrected chi connectivity index (χ0v) is 11.8. The molecule has 0 fully saturated rings. The third kappa shape index (κ3) is 3.65.